The van der Waals surface area contributed by atoms with Crippen LogP contribution in [0.2, 0.25) is 0 Å². The highest BCUT2D eigenvalue weighted by Gasteiger charge is 2.12. The van der Waals surface area contributed by atoms with Crippen molar-refractivity contribution in [2.45, 2.75) is 31.5 Å². The summed E-state index contributed by atoms with van der Waals surface area (Å²) in [6.45, 7) is 6.65. The molecule has 0 aliphatic heterocycles. The van der Waals surface area contributed by atoms with Crippen LogP contribution in [0.1, 0.15) is 21.6 Å². The van der Waals surface area contributed by atoms with E-state index >= 15 is 0 Å². The number of hydrogen-bond donors (Lipinski definition) is 3. The molecule has 2 heterocycles. The molecule has 0 aliphatic rings. The molecule has 3 rings (SSSR count). The normalized spacial score (nSPS) is 10.7. The van der Waals surface area contributed by atoms with Gasteiger partial charge in [0, 0.05) is 17.1 Å². The van der Waals surface area contributed by atoms with Crippen molar-refractivity contribution in [3.8, 4) is 0 Å². The van der Waals surface area contributed by atoms with Crippen molar-refractivity contribution in [2.24, 2.45) is 0 Å². The van der Waals surface area contributed by atoms with Crippen LogP contribution >= 0.6 is 34.4 Å². The Hall–Kier alpha value is -2.43. The highest BCUT2D eigenvalue weighted by atomic mass is 32.2. The van der Waals surface area contributed by atoms with Gasteiger partial charge in [-0.1, -0.05) is 46.9 Å². The Labute approximate surface area is 194 Å². The maximum absolute atomic E-state index is 12.2. The molecule has 1 aromatic carbocycles. The van der Waals surface area contributed by atoms with Crippen molar-refractivity contribution in [2.75, 3.05) is 29.5 Å². The van der Waals surface area contributed by atoms with E-state index in [0.29, 0.717) is 4.34 Å². The molecule has 0 atom stereocenters. The summed E-state index contributed by atoms with van der Waals surface area (Å²) in [6, 6.07) is 8.19. The predicted molar refractivity (Wildman–Crippen MR) is 129 cm³/mol. The number of thiophene rings is 1. The van der Waals surface area contributed by atoms with Crippen LogP contribution in [-0.4, -0.2) is 40.9 Å². The Bertz CT molecular complexity index is 1010. The van der Waals surface area contributed by atoms with Gasteiger partial charge in [0.25, 0.3) is 0 Å². The molecule has 3 aromatic rings. The smallest absolute Gasteiger partial charge is 0.243 e. The van der Waals surface area contributed by atoms with Crippen molar-refractivity contribution in [3.05, 3.63) is 51.2 Å². The number of carbonyl (C=O) groups is 2. The van der Waals surface area contributed by atoms with E-state index in [4.69, 9.17) is 0 Å². The summed E-state index contributed by atoms with van der Waals surface area (Å²) in [7, 11) is 0. The van der Waals surface area contributed by atoms with Crippen LogP contribution < -0.4 is 16.0 Å². The third-order valence-electron chi connectivity index (χ3n) is 4.35. The van der Waals surface area contributed by atoms with Crippen LogP contribution in [0.25, 0.3) is 0 Å². The van der Waals surface area contributed by atoms with Gasteiger partial charge < -0.3 is 16.0 Å². The molecule has 164 valence electrons. The van der Waals surface area contributed by atoms with Gasteiger partial charge in [-0.3, -0.25) is 9.59 Å². The summed E-state index contributed by atoms with van der Waals surface area (Å²) < 4.78 is 0.712. The molecule has 2 amide bonds. The molecule has 2 aromatic heterocycles. The predicted octanol–water partition coefficient (Wildman–Crippen LogP) is 4.03. The van der Waals surface area contributed by atoms with Crippen LogP contribution in [0, 0.1) is 20.8 Å². The number of amides is 2. The van der Waals surface area contributed by atoms with Crippen LogP contribution in [0.5, 0.6) is 0 Å². The Morgan fingerprint density at radius 3 is 2.58 bits per heavy atom. The topological polar surface area (TPSA) is 96.0 Å². The number of nitrogens with zero attached hydrogens (tertiary/aromatic N) is 2. The zero-order valence-corrected chi connectivity index (χ0v) is 20.1. The lowest BCUT2D eigenvalue weighted by atomic mass is 10.1. The molecular formula is C21H25N5O2S3. The molecule has 3 N–H and O–H groups in total. The molecule has 0 spiro atoms. The van der Waals surface area contributed by atoms with Crippen LogP contribution in [0.15, 0.2) is 34.0 Å². The largest absolute Gasteiger partial charge is 0.360 e. The van der Waals surface area contributed by atoms with Gasteiger partial charge in [-0.25, -0.2) is 0 Å². The fraction of sp³-hybridized carbons (Fsp3) is 0.333. The van der Waals surface area contributed by atoms with Crippen molar-refractivity contribution >= 4 is 57.1 Å². The fourth-order valence-electron chi connectivity index (χ4n) is 3.00. The van der Waals surface area contributed by atoms with E-state index in [-0.39, 0.29) is 24.1 Å². The lowest BCUT2D eigenvalue weighted by molar-refractivity contribution is -0.122. The summed E-state index contributed by atoms with van der Waals surface area (Å²) in [6.07, 6.45) is 0.936. The van der Waals surface area contributed by atoms with Gasteiger partial charge in [0.1, 0.15) is 0 Å². The van der Waals surface area contributed by atoms with Crippen molar-refractivity contribution in [1.29, 1.82) is 0 Å². The summed E-state index contributed by atoms with van der Waals surface area (Å²) >= 11 is 4.46. The number of aryl methyl sites for hydroxylation is 3. The average molecular weight is 476 g/mol. The van der Waals surface area contributed by atoms with Gasteiger partial charge in [-0.15, -0.1) is 21.5 Å². The number of rotatable bonds is 10. The van der Waals surface area contributed by atoms with Gasteiger partial charge in [0.05, 0.1) is 12.3 Å². The van der Waals surface area contributed by atoms with E-state index in [9.17, 15) is 9.59 Å². The third-order valence-corrected chi connectivity index (χ3v) is 7.30. The Kier molecular flexibility index (Phi) is 8.44. The first-order valence-corrected chi connectivity index (χ1v) is 12.5. The first kappa shape index (κ1) is 23.2. The van der Waals surface area contributed by atoms with Gasteiger partial charge in [0.15, 0.2) is 4.34 Å². The number of thioether (sulfide) groups is 1. The molecule has 0 aliphatic carbocycles. The molecule has 0 bridgehead atoms. The molecule has 31 heavy (non-hydrogen) atoms. The number of carbonyl (C=O) groups excluding carboxylic acids is 2. The minimum atomic E-state index is -0.249. The number of aromatic nitrogens is 2. The second kappa shape index (κ2) is 11.3. The Morgan fingerprint density at radius 1 is 1.10 bits per heavy atom. The minimum Gasteiger partial charge on any atom is -0.360 e. The summed E-state index contributed by atoms with van der Waals surface area (Å²) in [5.41, 5.74) is 3.95. The van der Waals surface area contributed by atoms with Crippen molar-refractivity contribution < 1.29 is 9.59 Å². The highest BCUT2D eigenvalue weighted by molar-refractivity contribution is 8.01. The number of hydrogen-bond acceptors (Lipinski definition) is 8. The molecule has 0 unspecified atom stereocenters. The quantitative estimate of drug-likeness (QED) is 0.383. The zero-order chi connectivity index (χ0) is 22.2. The highest BCUT2D eigenvalue weighted by Crippen LogP contribution is 2.25. The molecular weight excluding hydrogens is 450 g/mol. The van der Waals surface area contributed by atoms with Crippen LogP contribution in [0.3, 0.4) is 0 Å². The summed E-state index contributed by atoms with van der Waals surface area (Å²) in [5, 5.41) is 19.8. The minimum absolute atomic E-state index is 0.0716. The standard InChI is InChI=1S/C21H25N5O2S3/c1-13-9-14(2)19(15(3)10-13)24-17(27)11-23-18(28)12-30-21-26-25-20(31-21)22-7-6-16-5-4-8-29-16/h4-5,8-10H,6-7,11-12H2,1-3H3,(H,22,25)(H,23,28)(H,24,27). The van der Waals surface area contributed by atoms with Gasteiger partial charge in [0.2, 0.25) is 16.9 Å². The molecule has 0 saturated heterocycles. The van der Waals surface area contributed by atoms with Gasteiger partial charge in [-0.2, -0.15) is 0 Å². The molecule has 0 saturated carbocycles. The maximum atomic E-state index is 12.2. The summed E-state index contributed by atoms with van der Waals surface area (Å²) in [4.78, 5) is 25.6. The van der Waals surface area contributed by atoms with E-state index in [0.717, 1.165) is 40.5 Å². The third kappa shape index (κ3) is 7.34. The first-order chi connectivity index (χ1) is 14.9. The molecule has 0 radical (unpaired) electrons. The second-order valence-electron chi connectivity index (χ2n) is 7.02. The molecule has 0 fully saturated rings. The first-order valence-electron chi connectivity index (χ1n) is 9.77. The Morgan fingerprint density at radius 2 is 1.87 bits per heavy atom. The van der Waals surface area contributed by atoms with Crippen molar-refractivity contribution in [3.63, 3.8) is 0 Å². The molecule has 7 nitrogen and oxygen atoms in total. The number of nitrogens with one attached hydrogen (secondary N) is 3. The van der Waals surface area contributed by atoms with E-state index < -0.39 is 0 Å². The van der Waals surface area contributed by atoms with E-state index in [2.05, 4.69) is 37.6 Å². The van der Waals surface area contributed by atoms with E-state index in [1.165, 1.54) is 28.0 Å². The second-order valence-corrected chi connectivity index (χ2v) is 10.2. The zero-order valence-electron chi connectivity index (χ0n) is 17.7. The molecule has 10 heteroatoms. The fourth-order valence-corrected chi connectivity index (χ4v) is 5.32. The lowest BCUT2D eigenvalue weighted by Crippen LogP contribution is -2.34. The SMILES string of the molecule is Cc1cc(C)c(NC(=O)CNC(=O)CSc2nnc(NCCc3cccs3)s2)c(C)c1. The van der Waals surface area contributed by atoms with Gasteiger partial charge in [-0.05, 0) is 49.8 Å². The van der Waals surface area contributed by atoms with Gasteiger partial charge >= 0.3 is 0 Å². The van der Waals surface area contributed by atoms with Crippen LogP contribution in [0.4, 0.5) is 10.8 Å². The number of anilines is 2. The van der Waals surface area contributed by atoms with E-state index in [1.807, 2.05) is 39.0 Å². The number of benzene rings is 1. The average Bonchev–Trinajstić information content (AvgIpc) is 3.40. The Balaban J connectivity index is 1.36. The van der Waals surface area contributed by atoms with E-state index in [1.54, 1.807) is 11.3 Å². The maximum Gasteiger partial charge on any atom is 0.243 e. The van der Waals surface area contributed by atoms with Crippen LogP contribution in [-0.2, 0) is 16.0 Å². The lowest BCUT2D eigenvalue weighted by Gasteiger charge is -2.13. The monoisotopic (exact) mass is 475 g/mol. The van der Waals surface area contributed by atoms with Crippen molar-refractivity contribution in [1.82, 2.24) is 15.5 Å². The summed E-state index contributed by atoms with van der Waals surface area (Å²) in [5.74, 6) is -0.291.